The van der Waals surface area contributed by atoms with E-state index in [1.165, 1.54) is 7.11 Å². The van der Waals surface area contributed by atoms with Crippen molar-refractivity contribution in [1.82, 2.24) is 0 Å². The lowest BCUT2D eigenvalue weighted by molar-refractivity contribution is -0.142. The van der Waals surface area contributed by atoms with Crippen LogP contribution in [0.4, 0.5) is 8.78 Å². The highest BCUT2D eigenvalue weighted by Crippen LogP contribution is 2.28. The van der Waals surface area contributed by atoms with Crippen LogP contribution in [-0.2, 0) is 9.53 Å². The summed E-state index contributed by atoms with van der Waals surface area (Å²) in [4.78, 5) is 11.2. The standard InChI is InChI=1S/C10H11F2NO3/c1-15-7-4-5(11)3-6(12)8(7)9(13)10(14)16-2/h3-4,9H,13H2,1-2H3. The van der Waals surface area contributed by atoms with Crippen molar-refractivity contribution < 1.29 is 23.0 Å². The quantitative estimate of drug-likeness (QED) is 0.792. The molecule has 88 valence electrons. The van der Waals surface area contributed by atoms with Gasteiger partial charge in [-0.2, -0.15) is 0 Å². The van der Waals surface area contributed by atoms with Gasteiger partial charge in [-0.15, -0.1) is 0 Å². The second-order valence-corrected chi connectivity index (χ2v) is 3.00. The van der Waals surface area contributed by atoms with Gasteiger partial charge in [0.1, 0.15) is 23.4 Å². The molecule has 0 radical (unpaired) electrons. The molecule has 0 spiro atoms. The molecule has 0 aliphatic heterocycles. The first kappa shape index (κ1) is 12.4. The number of methoxy groups -OCH3 is 2. The van der Waals surface area contributed by atoms with Gasteiger partial charge < -0.3 is 15.2 Å². The van der Waals surface area contributed by atoms with Crippen molar-refractivity contribution in [3.63, 3.8) is 0 Å². The van der Waals surface area contributed by atoms with E-state index in [1.54, 1.807) is 0 Å². The van der Waals surface area contributed by atoms with E-state index in [9.17, 15) is 13.6 Å². The van der Waals surface area contributed by atoms with Gasteiger partial charge in [-0.05, 0) is 0 Å². The Kier molecular flexibility index (Phi) is 3.78. The minimum absolute atomic E-state index is 0.129. The molecule has 0 amide bonds. The van der Waals surface area contributed by atoms with Crippen molar-refractivity contribution in [1.29, 1.82) is 0 Å². The summed E-state index contributed by atoms with van der Waals surface area (Å²) < 4.78 is 35.4. The van der Waals surface area contributed by atoms with E-state index in [4.69, 9.17) is 10.5 Å². The van der Waals surface area contributed by atoms with Crippen LogP contribution in [0.1, 0.15) is 11.6 Å². The maximum atomic E-state index is 13.4. The third-order valence-electron chi connectivity index (χ3n) is 2.04. The molecule has 0 saturated carbocycles. The molecule has 0 heterocycles. The van der Waals surface area contributed by atoms with Gasteiger partial charge in [0, 0.05) is 12.1 Å². The largest absolute Gasteiger partial charge is 0.496 e. The summed E-state index contributed by atoms with van der Waals surface area (Å²) in [7, 11) is 2.35. The normalized spacial score (nSPS) is 12.1. The number of esters is 1. The minimum atomic E-state index is -1.35. The summed E-state index contributed by atoms with van der Waals surface area (Å²) in [6.07, 6.45) is 0. The molecule has 4 nitrogen and oxygen atoms in total. The van der Waals surface area contributed by atoms with Crippen LogP contribution >= 0.6 is 0 Å². The van der Waals surface area contributed by atoms with Crippen LogP contribution in [0.3, 0.4) is 0 Å². The highest BCUT2D eigenvalue weighted by atomic mass is 19.1. The molecule has 1 aromatic rings. The molecule has 0 aliphatic carbocycles. The average molecular weight is 231 g/mol. The van der Waals surface area contributed by atoms with Crippen molar-refractivity contribution >= 4 is 5.97 Å². The summed E-state index contributed by atoms with van der Waals surface area (Å²) in [6.45, 7) is 0. The van der Waals surface area contributed by atoms with Crippen molar-refractivity contribution in [2.24, 2.45) is 5.73 Å². The summed E-state index contributed by atoms with van der Waals surface area (Å²) >= 11 is 0. The lowest BCUT2D eigenvalue weighted by Crippen LogP contribution is -2.24. The van der Waals surface area contributed by atoms with Crippen LogP contribution in [0.15, 0.2) is 12.1 Å². The second kappa shape index (κ2) is 4.89. The molecule has 0 saturated heterocycles. The fourth-order valence-corrected chi connectivity index (χ4v) is 1.28. The highest BCUT2D eigenvalue weighted by molar-refractivity contribution is 5.78. The number of carbonyl (C=O) groups is 1. The van der Waals surface area contributed by atoms with Gasteiger partial charge in [0.2, 0.25) is 0 Å². The fourth-order valence-electron chi connectivity index (χ4n) is 1.28. The number of hydrogen-bond acceptors (Lipinski definition) is 4. The van der Waals surface area contributed by atoms with Crippen LogP contribution in [0, 0.1) is 11.6 Å². The van der Waals surface area contributed by atoms with Crippen molar-refractivity contribution in [2.45, 2.75) is 6.04 Å². The maximum Gasteiger partial charge on any atom is 0.327 e. The van der Waals surface area contributed by atoms with Crippen LogP contribution in [0.25, 0.3) is 0 Å². The minimum Gasteiger partial charge on any atom is -0.496 e. The zero-order valence-electron chi connectivity index (χ0n) is 8.79. The number of benzene rings is 1. The Morgan fingerprint density at radius 1 is 1.38 bits per heavy atom. The molecule has 2 N–H and O–H groups in total. The van der Waals surface area contributed by atoms with E-state index >= 15 is 0 Å². The van der Waals surface area contributed by atoms with E-state index in [-0.39, 0.29) is 11.3 Å². The lowest BCUT2D eigenvalue weighted by atomic mass is 10.1. The zero-order valence-corrected chi connectivity index (χ0v) is 8.79. The predicted octanol–water partition coefficient (Wildman–Crippen LogP) is 1.15. The Hall–Kier alpha value is -1.69. The Labute approximate surface area is 91.0 Å². The van der Waals surface area contributed by atoms with Crippen molar-refractivity contribution in [3.8, 4) is 5.75 Å². The number of rotatable bonds is 3. The van der Waals surface area contributed by atoms with E-state index in [0.29, 0.717) is 6.07 Å². The SMILES string of the molecule is COC(=O)C(N)c1c(F)cc(F)cc1OC. The molecule has 1 aromatic carbocycles. The predicted molar refractivity (Wildman–Crippen MR) is 51.9 cm³/mol. The fraction of sp³-hybridized carbons (Fsp3) is 0.300. The van der Waals surface area contributed by atoms with E-state index in [0.717, 1.165) is 13.2 Å². The first-order valence-electron chi connectivity index (χ1n) is 4.37. The Morgan fingerprint density at radius 3 is 2.50 bits per heavy atom. The number of halogens is 2. The number of hydrogen-bond donors (Lipinski definition) is 1. The van der Waals surface area contributed by atoms with Crippen LogP contribution in [0.5, 0.6) is 5.75 Å². The Morgan fingerprint density at radius 2 is 2.00 bits per heavy atom. The molecular formula is C10H11F2NO3. The van der Waals surface area contributed by atoms with Gasteiger partial charge in [0.15, 0.2) is 0 Å². The zero-order chi connectivity index (χ0) is 12.3. The monoisotopic (exact) mass is 231 g/mol. The van der Waals surface area contributed by atoms with Crippen LogP contribution in [-0.4, -0.2) is 20.2 Å². The lowest BCUT2D eigenvalue weighted by Gasteiger charge is -2.14. The molecule has 0 aliphatic rings. The molecule has 0 bridgehead atoms. The van der Waals surface area contributed by atoms with Crippen LogP contribution in [0.2, 0.25) is 0 Å². The third-order valence-corrected chi connectivity index (χ3v) is 2.04. The third kappa shape index (κ3) is 2.27. The molecule has 0 aromatic heterocycles. The molecule has 0 fully saturated rings. The number of carbonyl (C=O) groups excluding carboxylic acids is 1. The van der Waals surface area contributed by atoms with Crippen molar-refractivity contribution in [2.75, 3.05) is 14.2 Å². The van der Waals surface area contributed by atoms with Gasteiger partial charge >= 0.3 is 5.97 Å². The molecule has 16 heavy (non-hydrogen) atoms. The van der Waals surface area contributed by atoms with Gasteiger partial charge in [-0.25, -0.2) is 8.78 Å². The summed E-state index contributed by atoms with van der Waals surface area (Å²) in [5.41, 5.74) is 5.23. The van der Waals surface area contributed by atoms with E-state index in [2.05, 4.69) is 4.74 Å². The molecule has 1 rings (SSSR count). The van der Waals surface area contributed by atoms with E-state index in [1.807, 2.05) is 0 Å². The Bertz CT molecular complexity index is 409. The average Bonchev–Trinajstić information content (AvgIpc) is 2.26. The molecule has 6 heteroatoms. The summed E-state index contributed by atoms with van der Waals surface area (Å²) in [6, 6.07) is 0.225. The topological polar surface area (TPSA) is 61.5 Å². The number of ether oxygens (including phenoxy) is 2. The highest BCUT2D eigenvalue weighted by Gasteiger charge is 2.25. The molecule has 1 atom stereocenters. The maximum absolute atomic E-state index is 13.4. The summed E-state index contributed by atoms with van der Waals surface area (Å²) in [5.74, 6) is -2.72. The van der Waals surface area contributed by atoms with Crippen molar-refractivity contribution in [3.05, 3.63) is 29.3 Å². The van der Waals surface area contributed by atoms with Gasteiger partial charge in [-0.1, -0.05) is 0 Å². The van der Waals surface area contributed by atoms with Gasteiger partial charge in [-0.3, -0.25) is 4.79 Å². The van der Waals surface area contributed by atoms with Gasteiger partial charge in [0.25, 0.3) is 0 Å². The number of nitrogens with two attached hydrogens (primary N) is 1. The summed E-state index contributed by atoms with van der Waals surface area (Å²) in [5, 5.41) is 0. The van der Waals surface area contributed by atoms with Crippen LogP contribution < -0.4 is 10.5 Å². The Balaban J connectivity index is 3.26. The molecular weight excluding hydrogens is 220 g/mol. The van der Waals surface area contributed by atoms with E-state index < -0.39 is 23.6 Å². The van der Waals surface area contributed by atoms with Gasteiger partial charge in [0.05, 0.1) is 19.8 Å². The molecule has 1 unspecified atom stereocenters. The second-order valence-electron chi connectivity index (χ2n) is 3.00. The first-order chi connectivity index (χ1) is 7.51. The first-order valence-corrected chi connectivity index (χ1v) is 4.37. The smallest absolute Gasteiger partial charge is 0.327 e.